The van der Waals surface area contributed by atoms with E-state index in [1.54, 1.807) is 7.11 Å². The fourth-order valence-corrected chi connectivity index (χ4v) is 2.62. The van der Waals surface area contributed by atoms with Gasteiger partial charge in [-0.2, -0.15) is 0 Å². The number of carbonyl (C=O) groups is 1. The van der Waals surface area contributed by atoms with E-state index in [0.717, 1.165) is 49.9 Å². The third kappa shape index (κ3) is 3.28. The topological polar surface area (TPSA) is 62.7 Å². The Morgan fingerprint density at radius 2 is 2.20 bits per heavy atom. The number of nitrogens with zero attached hydrogens (tertiary/aromatic N) is 2. The first-order chi connectivity index (χ1) is 9.63. The second-order valence-electron chi connectivity index (χ2n) is 5.25. The highest BCUT2D eigenvalue weighted by Crippen LogP contribution is 2.26. The summed E-state index contributed by atoms with van der Waals surface area (Å²) in [6.45, 7) is 1.40. The standard InChI is InChI=1S/C15H22N2O3/c1-17(8-5-9-20-2)14-12(15(18)19)10-11-6-3-4-7-13(11)16-14/h10H,3-9H2,1-2H3,(H,18,19). The molecule has 1 heterocycles. The van der Waals surface area contributed by atoms with Crippen molar-refractivity contribution in [3.8, 4) is 0 Å². The summed E-state index contributed by atoms with van der Waals surface area (Å²) in [4.78, 5) is 18.0. The number of hydrogen-bond acceptors (Lipinski definition) is 4. The van der Waals surface area contributed by atoms with Crippen LogP contribution in [0.3, 0.4) is 0 Å². The second kappa shape index (κ2) is 6.70. The van der Waals surface area contributed by atoms with E-state index in [1.165, 1.54) is 0 Å². The molecule has 0 saturated heterocycles. The zero-order chi connectivity index (χ0) is 14.5. The van der Waals surface area contributed by atoms with Crippen LogP contribution in [0.2, 0.25) is 0 Å². The van der Waals surface area contributed by atoms with Crippen LogP contribution in [0, 0.1) is 0 Å². The van der Waals surface area contributed by atoms with E-state index < -0.39 is 5.97 Å². The molecule has 0 atom stereocenters. The molecule has 0 saturated carbocycles. The number of methoxy groups -OCH3 is 1. The maximum absolute atomic E-state index is 11.5. The molecule has 0 unspecified atom stereocenters. The number of aromatic nitrogens is 1. The van der Waals surface area contributed by atoms with Gasteiger partial charge in [-0.1, -0.05) is 0 Å². The lowest BCUT2D eigenvalue weighted by Crippen LogP contribution is -2.25. The molecule has 0 fully saturated rings. The Bertz CT molecular complexity index is 488. The summed E-state index contributed by atoms with van der Waals surface area (Å²) >= 11 is 0. The Balaban J connectivity index is 2.27. The van der Waals surface area contributed by atoms with Crippen molar-refractivity contribution in [2.24, 2.45) is 0 Å². The monoisotopic (exact) mass is 278 g/mol. The van der Waals surface area contributed by atoms with E-state index in [9.17, 15) is 9.90 Å². The van der Waals surface area contributed by atoms with Gasteiger partial charge in [-0.05, 0) is 43.7 Å². The number of aromatic carboxylic acids is 1. The fourth-order valence-electron chi connectivity index (χ4n) is 2.62. The summed E-state index contributed by atoms with van der Waals surface area (Å²) in [7, 11) is 3.56. The van der Waals surface area contributed by atoms with Gasteiger partial charge in [0.05, 0.1) is 0 Å². The van der Waals surface area contributed by atoms with Crippen molar-refractivity contribution >= 4 is 11.8 Å². The molecule has 1 N–H and O–H groups in total. The van der Waals surface area contributed by atoms with Crippen molar-refractivity contribution in [2.45, 2.75) is 32.1 Å². The minimum atomic E-state index is -0.903. The SMILES string of the molecule is COCCCN(C)c1nc2c(cc1C(=O)O)CCCC2. The molecule has 20 heavy (non-hydrogen) atoms. The van der Waals surface area contributed by atoms with E-state index in [2.05, 4.69) is 4.98 Å². The van der Waals surface area contributed by atoms with Gasteiger partial charge in [-0.3, -0.25) is 0 Å². The van der Waals surface area contributed by atoms with Crippen LogP contribution in [0.5, 0.6) is 0 Å². The minimum absolute atomic E-state index is 0.311. The van der Waals surface area contributed by atoms with Crippen LogP contribution in [-0.4, -0.2) is 43.4 Å². The molecule has 1 aliphatic rings. The third-order valence-electron chi connectivity index (χ3n) is 3.71. The average molecular weight is 278 g/mol. The highest BCUT2D eigenvalue weighted by Gasteiger charge is 2.20. The number of pyridine rings is 1. The summed E-state index contributed by atoms with van der Waals surface area (Å²) in [5, 5.41) is 9.40. The average Bonchev–Trinajstić information content (AvgIpc) is 2.46. The summed E-state index contributed by atoms with van der Waals surface area (Å²) in [5.41, 5.74) is 2.48. The summed E-state index contributed by atoms with van der Waals surface area (Å²) in [5.74, 6) is -0.325. The predicted octanol–water partition coefficient (Wildman–Crippen LogP) is 2.13. The van der Waals surface area contributed by atoms with Gasteiger partial charge in [-0.25, -0.2) is 9.78 Å². The third-order valence-corrected chi connectivity index (χ3v) is 3.71. The number of rotatable bonds is 6. The van der Waals surface area contributed by atoms with Crippen molar-refractivity contribution in [3.05, 3.63) is 22.9 Å². The molecule has 1 aromatic rings. The Kier molecular flexibility index (Phi) is 4.95. The molecule has 0 aromatic carbocycles. The number of hydrogen-bond donors (Lipinski definition) is 1. The maximum atomic E-state index is 11.5. The highest BCUT2D eigenvalue weighted by atomic mass is 16.5. The van der Waals surface area contributed by atoms with Gasteiger partial charge in [0.1, 0.15) is 11.4 Å². The van der Waals surface area contributed by atoms with Crippen molar-refractivity contribution in [1.82, 2.24) is 4.98 Å². The van der Waals surface area contributed by atoms with Gasteiger partial charge in [0.25, 0.3) is 0 Å². The highest BCUT2D eigenvalue weighted by molar-refractivity contribution is 5.93. The number of anilines is 1. The fraction of sp³-hybridized carbons (Fsp3) is 0.600. The Morgan fingerprint density at radius 1 is 1.45 bits per heavy atom. The van der Waals surface area contributed by atoms with E-state index in [1.807, 2.05) is 18.0 Å². The Labute approximate surface area is 119 Å². The number of aryl methyl sites for hydroxylation is 2. The van der Waals surface area contributed by atoms with Gasteiger partial charge >= 0.3 is 5.97 Å². The molecule has 1 aliphatic carbocycles. The van der Waals surface area contributed by atoms with E-state index in [-0.39, 0.29) is 0 Å². The van der Waals surface area contributed by atoms with Crippen LogP contribution in [0.15, 0.2) is 6.07 Å². The number of carboxylic acids is 1. The molecular formula is C15H22N2O3. The van der Waals surface area contributed by atoms with Gasteiger partial charge in [0.2, 0.25) is 0 Å². The lowest BCUT2D eigenvalue weighted by molar-refractivity contribution is 0.0697. The molecule has 0 radical (unpaired) electrons. The molecule has 5 nitrogen and oxygen atoms in total. The molecule has 1 aromatic heterocycles. The number of carboxylic acid groups (broad SMARTS) is 1. The lowest BCUT2D eigenvalue weighted by Gasteiger charge is -2.23. The van der Waals surface area contributed by atoms with Crippen LogP contribution < -0.4 is 4.90 Å². The van der Waals surface area contributed by atoms with Crippen molar-refractivity contribution in [2.75, 3.05) is 32.2 Å². The first-order valence-corrected chi connectivity index (χ1v) is 7.09. The van der Waals surface area contributed by atoms with Gasteiger partial charge in [0.15, 0.2) is 0 Å². The van der Waals surface area contributed by atoms with Crippen LogP contribution in [0.1, 0.15) is 40.9 Å². The lowest BCUT2D eigenvalue weighted by atomic mass is 9.94. The maximum Gasteiger partial charge on any atom is 0.339 e. The first kappa shape index (κ1) is 14.8. The van der Waals surface area contributed by atoms with Crippen molar-refractivity contribution in [3.63, 3.8) is 0 Å². The van der Waals surface area contributed by atoms with Gasteiger partial charge in [-0.15, -0.1) is 0 Å². The zero-order valence-electron chi connectivity index (χ0n) is 12.2. The Morgan fingerprint density at radius 3 is 2.90 bits per heavy atom. The first-order valence-electron chi connectivity index (χ1n) is 7.09. The second-order valence-corrected chi connectivity index (χ2v) is 5.25. The molecule has 5 heteroatoms. The van der Waals surface area contributed by atoms with Crippen molar-refractivity contribution < 1.29 is 14.6 Å². The van der Waals surface area contributed by atoms with Crippen LogP contribution >= 0.6 is 0 Å². The molecule has 2 rings (SSSR count). The van der Waals surface area contributed by atoms with E-state index >= 15 is 0 Å². The number of ether oxygens (including phenoxy) is 1. The van der Waals surface area contributed by atoms with Gasteiger partial charge < -0.3 is 14.7 Å². The minimum Gasteiger partial charge on any atom is -0.478 e. The molecular weight excluding hydrogens is 256 g/mol. The molecule has 0 spiro atoms. The summed E-state index contributed by atoms with van der Waals surface area (Å²) in [6, 6.07) is 1.81. The number of fused-ring (bicyclic) bond motifs is 1. The Hall–Kier alpha value is -1.62. The summed E-state index contributed by atoms with van der Waals surface area (Å²) < 4.78 is 5.03. The summed E-state index contributed by atoms with van der Waals surface area (Å²) in [6.07, 6.45) is 5.01. The molecule has 110 valence electrons. The van der Waals surface area contributed by atoms with Crippen LogP contribution in [0.25, 0.3) is 0 Å². The molecule has 0 amide bonds. The van der Waals surface area contributed by atoms with Crippen molar-refractivity contribution in [1.29, 1.82) is 0 Å². The normalized spacial score (nSPS) is 13.9. The van der Waals surface area contributed by atoms with Crippen LogP contribution in [-0.2, 0) is 17.6 Å². The van der Waals surface area contributed by atoms with Gasteiger partial charge in [0, 0.05) is 33.0 Å². The molecule has 0 aliphatic heterocycles. The van der Waals surface area contributed by atoms with E-state index in [0.29, 0.717) is 18.0 Å². The molecule has 0 bridgehead atoms. The zero-order valence-corrected chi connectivity index (χ0v) is 12.2. The quantitative estimate of drug-likeness (QED) is 0.808. The largest absolute Gasteiger partial charge is 0.478 e. The van der Waals surface area contributed by atoms with Crippen LogP contribution in [0.4, 0.5) is 5.82 Å². The predicted molar refractivity (Wildman–Crippen MR) is 77.6 cm³/mol. The smallest absolute Gasteiger partial charge is 0.339 e. The van der Waals surface area contributed by atoms with E-state index in [4.69, 9.17) is 4.74 Å².